The van der Waals surface area contributed by atoms with Crippen LogP contribution in [0.3, 0.4) is 0 Å². The molecular formula is C13H20N2O3. The molecule has 0 aromatic heterocycles. The molecule has 0 aliphatic carbocycles. The topological polar surface area (TPSA) is 80.5 Å². The maximum Gasteiger partial charge on any atom is 0.246 e. The Morgan fingerprint density at radius 3 is 2.06 bits per heavy atom. The number of nitrogens with zero attached hydrogens (tertiary/aromatic N) is 1. The number of Topliss-reactive ketones (excluding diaryl/α,β-unsaturated/α-hetero) is 1. The summed E-state index contributed by atoms with van der Waals surface area (Å²) >= 11 is 0. The van der Waals surface area contributed by atoms with Gasteiger partial charge in [0.2, 0.25) is 11.8 Å². The van der Waals surface area contributed by atoms with Crippen LogP contribution in [0, 0.1) is 0 Å². The monoisotopic (exact) mass is 252 g/mol. The van der Waals surface area contributed by atoms with Gasteiger partial charge in [0.05, 0.1) is 17.5 Å². The molecule has 0 aromatic rings. The highest BCUT2D eigenvalue weighted by Gasteiger charge is 2.49. The molecule has 1 aliphatic rings. The third kappa shape index (κ3) is 2.30. The van der Waals surface area contributed by atoms with E-state index in [0.717, 1.165) is 0 Å². The molecular weight excluding hydrogens is 232 g/mol. The largest absolute Gasteiger partial charge is 0.366 e. The molecule has 100 valence electrons. The lowest BCUT2D eigenvalue weighted by Crippen LogP contribution is -2.54. The van der Waals surface area contributed by atoms with E-state index in [1.54, 1.807) is 24.8 Å². The third-order valence-corrected chi connectivity index (χ3v) is 3.21. The highest BCUT2D eigenvalue weighted by Crippen LogP contribution is 2.40. The number of primary amides is 1. The van der Waals surface area contributed by atoms with Crippen LogP contribution in [0.4, 0.5) is 0 Å². The third-order valence-electron chi connectivity index (χ3n) is 3.21. The molecule has 1 rings (SSSR count). The van der Waals surface area contributed by atoms with E-state index in [1.165, 1.54) is 6.92 Å². The predicted molar refractivity (Wildman–Crippen MR) is 67.6 cm³/mol. The minimum absolute atomic E-state index is 0.160. The van der Waals surface area contributed by atoms with E-state index in [9.17, 15) is 14.4 Å². The minimum Gasteiger partial charge on any atom is -0.366 e. The van der Waals surface area contributed by atoms with Crippen LogP contribution in [0.2, 0.25) is 0 Å². The molecule has 0 bridgehead atoms. The Labute approximate surface area is 107 Å². The summed E-state index contributed by atoms with van der Waals surface area (Å²) in [5.41, 5.74) is 4.34. The number of ketones is 1. The van der Waals surface area contributed by atoms with Gasteiger partial charge in [-0.25, -0.2) is 0 Å². The zero-order valence-electron chi connectivity index (χ0n) is 11.5. The van der Waals surface area contributed by atoms with E-state index in [1.807, 2.05) is 13.8 Å². The Kier molecular flexibility index (Phi) is 3.38. The van der Waals surface area contributed by atoms with Gasteiger partial charge in [0, 0.05) is 5.57 Å². The summed E-state index contributed by atoms with van der Waals surface area (Å²) in [5, 5.41) is 0. The Balaban J connectivity index is 3.18. The second-order valence-electron chi connectivity index (χ2n) is 5.74. The fraction of sp³-hybridized carbons (Fsp3) is 0.615. The molecule has 0 atom stereocenters. The van der Waals surface area contributed by atoms with Crippen LogP contribution < -0.4 is 5.73 Å². The molecule has 0 saturated heterocycles. The summed E-state index contributed by atoms with van der Waals surface area (Å²) < 4.78 is 0. The minimum atomic E-state index is -0.790. The molecule has 5 nitrogen and oxygen atoms in total. The van der Waals surface area contributed by atoms with Gasteiger partial charge >= 0.3 is 0 Å². The fourth-order valence-corrected chi connectivity index (χ4v) is 2.73. The summed E-state index contributed by atoms with van der Waals surface area (Å²) in [6.45, 7) is 8.54. The molecule has 0 radical (unpaired) electrons. The van der Waals surface area contributed by atoms with E-state index < -0.39 is 17.0 Å². The zero-order chi connectivity index (χ0) is 14.3. The maximum atomic E-state index is 12.2. The number of carbonyl (C=O) groups is 3. The number of rotatable bonds is 3. The van der Waals surface area contributed by atoms with Gasteiger partial charge in [-0.2, -0.15) is 0 Å². The van der Waals surface area contributed by atoms with Crippen molar-refractivity contribution in [1.29, 1.82) is 0 Å². The van der Waals surface area contributed by atoms with Crippen molar-refractivity contribution in [2.24, 2.45) is 5.73 Å². The van der Waals surface area contributed by atoms with Gasteiger partial charge in [-0.1, -0.05) is 0 Å². The van der Waals surface area contributed by atoms with Crippen molar-refractivity contribution < 1.29 is 14.4 Å². The quantitative estimate of drug-likeness (QED) is 0.753. The van der Waals surface area contributed by atoms with Crippen molar-refractivity contribution in [1.82, 2.24) is 4.90 Å². The van der Waals surface area contributed by atoms with Crippen LogP contribution >= 0.6 is 0 Å². The van der Waals surface area contributed by atoms with E-state index in [-0.39, 0.29) is 18.1 Å². The van der Waals surface area contributed by atoms with Crippen LogP contribution in [0.15, 0.2) is 11.6 Å². The summed E-state index contributed by atoms with van der Waals surface area (Å²) in [5.74, 6) is -1.02. The van der Waals surface area contributed by atoms with Gasteiger partial charge in [-0.15, -0.1) is 0 Å². The first-order valence-corrected chi connectivity index (χ1v) is 5.86. The first-order valence-electron chi connectivity index (χ1n) is 5.86. The molecule has 1 aliphatic heterocycles. The number of nitrogens with two attached hydrogens (primary N) is 1. The molecule has 0 aromatic carbocycles. The Hall–Kier alpha value is -1.65. The Bertz CT molecular complexity index is 447. The number of hydrogen-bond donors (Lipinski definition) is 1. The first kappa shape index (κ1) is 14.4. The number of hydrogen-bond acceptors (Lipinski definition) is 3. The van der Waals surface area contributed by atoms with Crippen LogP contribution in [0.1, 0.15) is 41.0 Å². The van der Waals surface area contributed by atoms with Crippen LogP contribution in [0.25, 0.3) is 0 Å². The van der Waals surface area contributed by atoms with Gasteiger partial charge in [-0.3, -0.25) is 14.4 Å². The molecule has 18 heavy (non-hydrogen) atoms. The predicted octanol–water partition coefficient (Wildman–Crippen LogP) is 0.777. The molecule has 5 heteroatoms. The summed E-state index contributed by atoms with van der Waals surface area (Å²) in [4.78, 5) is 36.3. The van der Waals surface area contributed by atoms with E-state index in [4.69, 9.17) is 5.73 Å². The standard InChI is InChI=1S/C13H20N2O3/c1-8(16)6-10(17)15-12(2,3)7-9(11(14)18)13(15,4)5/h7H,6H2,1-5H3,(H2,14,18). The van der Waals surface area contributed by atoms with Gasteiger partial charge in [-0.05, 0) is 40.7 Å². The van der Waals surface area contributed by atoms with E-state index in [2.05, 4.69) is 0 Å². The summed E-state index contributed by atoms with van der Waals surface area (Å²) in [6, 6.07) is 0. The van der Waals surface area contributed by atoms with Crippen LogP contribution in [-0.4, -0.2) is 33.6 Å². The van der Waals surface area contributed by atoms with Crippen molar-refractivity contribution in [2.45, 2.75) is 52.1 Å². The van der Waals surface area contributed by atoms with Crippen molar-refractivity contribution in [3.63, 3.8) is 0 Å². The van der Waals surface area contributed by atoms with Crippen LogP contribution in [0.5, 0.6) is 0 Å². The SMILES string of the molecule is CC(=O)CC(=O)N1C(C)(C)C=C(C(N)=O)C1(C)C. The molecule has 0 saturated carbocycles. The number of amides is 2. The van der Waals surface area contributed by atoms with E-state index >= 15 is 0 Å². The average Bonchev–Trinajstić information content (AvgIpc) is 2.29. The summed E-state index contributed by atoms with van der Waals surface area (Å²) in [7, 11) is 0. The highest BCUT2D eigenvalue weighted by atomic mass is 16.2. The molecule has 1 heterocycles. The van der Waals surface area contributed by atoms with Crippen molar-refractivity contribution >= 4 is 17.6 Å². The van der Waals surface area contributed by atoms with Gasteiger partial charge in [0.25, 0.3) is 0 Å². The lowest BCUT2D eigenvalue weighted by atomic mass is 9.94. The zero-order valence-corrected chi connectivity index (χ0v) is 11.5. The second kappa shape index (κ2) is 4.23. The lowest BCUT2D eigenvalue weighted by Gasteiger charge is -2.41. The molecule has 0 fully saturated rings. The lowest BCUT2D eigenvalue weighted by molar-refractivity contribution is -0.141. The smallest absolute Gasteiger partial charge is 0.246 e. The van der Waals surface area contributed by atoms with Crippen LogP contribution in [-0.2, 0) is 14.4 Å². The van der Waals surface area contributed by atoms with Crippen molar-refractivity contribution in [3.05, 3.63) is 11.6 Å². The Morgan fingerprint density at radius 1 is 1.22 bits per heavy atom. The summed E-state index contributed by atoms with van der Waals surface area (Å²) in [6.07, 6.45) is 1.54. The van der Waals surface area contributed by atoms with Gasteiger partial charge in [0.1, 0.15) is 5.78 Å². The molecule has 0 spiro atoms. The average molecular weight is 252 g/mol. The fourth-order valence-electron chi connectivity index (χ4n) is 2.73. The normalized spacial score (nSPS) is 20.5. The molecule has 0 unspecified atom stereocenters. The van der Waals surface area contributed by atoms with E-state index in [0.29, 0.717) is 5.57 Å². The first-order chi connectivity index (χ1) is 8.00. The Morgan fingerprint density at radius 2 is 1.72 bits per heavy atom. The van der Waals surface area contributed by atoms with Crippen molar-refractivity contribution in [3.8, 4) is 0 Å². The second-order valence-corrected chi connectivity index (χ2v) is 5.74. The maximum absolute atomic E-state index is 12.2. The molecule has 2 N–H and O–H groups in total. The van der Waals surface area contributed by atoms with Gasteiger partial charge < -0.3 is 10.6 Å². The highest BCUT2D eigenvalue weighted by molar-refractivity contribution is 6.01. The molecule has 2 amide bonds. The number of carbonyl (C=O) groups excluding carboxylic acids is 3. The van der Waals surface area contributed by atoms with Crippen molar-refractivity contribution in [2.75, 3.05) is 0 Å². The van der Waals surface area contributed by atoms with Gasteiger partial charge in [0.15, 0.2) is 0 Å².